The molecule has 54 heavy (non-hydrogen) atoms. The lowest BCUT2D eigenvalue weighted by Crippen LogP contribution is -2.36. The number of aromatic nitrogens is 1. The Kier molecular flexibility index (Phi) is 12.5. The molecule has 1 aliphatic carbocycles. The molecule has 0 aliphatic heterocycles. The maximum Gasteiger partial charge on any atom is 0.338 e. The molecule has 11 heteroatoms. The number of nitrogen functional groups attached to an aromatic ring is 1. The van der Waals surface area contributed by atoms with Crippen molar-refractivity contribution in [1.29, 1.82) is 0 Å². The van der Waals surface area contributed by atoms with Crippen molar-refractivity contribution < 1.29 is 28.6 Å². The van der Waals surface area contributed by atoms with Crippen LogP contribution in [0.25, 0.3) is 10.9 Å². The first-order chi connectivity index (χ1) is 26.0. The van der Waals surface area contributed by atoms with Gasteiger partial charge in [-0.1, -0.05) is 62.1 Å². The van der Waals surface area contributed by atoms with Crippen LogP contribution in [0.3, 0.4) is 0 Å². The lowest BCUT2D eigenvalue weighted by molar-refractivity contribution is -0.144. The van der Waals surface area contributed by atoms with E-state index < -0.39 is 18.0 Å². The summed E-state index contributed by atoms with van der Waals surface area (Å²) >= 11 is 9.66. The Labute approximate surface area is 329 Å². The van der Waals surface area contributed by atoms with E-state index in [0.29, 0.717) is 72.4 Å². The van der Waals surface area contributed by atoms with Crippen LogP contribution in [0.15, 0.2) is 83.3 Å². The Balaban J connectivity index is 1.25. The molecular weight excluding hydrogens is 770 g/mol. The van der Waals surface area contributed by atoms with Gasteiger partial charge in [0.05, 0.1) is 23.9 Å². The normalized spacial score (nSPS) is 13.9. The number of nitrogens with two attached hydrogens (primary N) is 1. The number of nitrogens with zero attached hydrogens (tertiary/aromatic N) is 2. The van der Waals surface area contributed by atoms with Gasteiger partial charge in [0.1, 0.15) is 12.4 Å². The van der Waals surface area contributed by atoms with Crippen LogP contribution in [-0.4, -0.2) is 47.0 Å². The van der Waals surface area contributed by atoms with Gasteiger partial charge in [-0.25, -0.2) is 4.79 Å². The molecule has 0 radical (unpaired) electrons. The number of carbonyl (C=O) groups excluding carboxylic acids is 3. The molecule has 0 spiro atoms. The summed E-state index contributed by atoms with van der Waals surface area (Å²) in [5, 5.41) is 1.23. The number of anilines is 1. The molecule has 6 rings (SSSR count). The number of methoxy groups -OCH3 is 1. The van der Waals surface area contributed by atoms with Gasteiger partial charge in [0.15, 0.2) is 6.10 Å². The van der Waals surface area contributed by atoms with Gasteiger partial charge in [-0.05, 0) is 114 Å². The Morgan fingerprint density at radius 1 is 0.963 bits per heavy atom. The largest absolute Gasteiger partial charge is 0.497 e. The third-order valence-electron chi connectivity index (χ3n) is 10.3. The van der Waals surface area contributed by atoms with Crippen LogP contribution in [0.2, 0.25) is 5.02 Å². The smallest absolute Gasteiger partial charge is 0.338 e. The zero-order valence-electron chi connectivity index (χ0n) is 31.0. The van der Waals surface area contributed by atoms with Gasteiger partial charge >= 0.3 is 11.9 Å². The highest BCUT2D eigenvalue weighted by atomic mass is 79.9. The van der Waals surface area contributed by atoms with Gasteiger partial charge in [-0.15, -0.1) is 0 Å². The van der Waals surface area contributed by atoms with Crippen molar-refractivity contribution >= 4 is 62.0 Å². The zero-order valence-corrected chi connectivity index (χ0v) is 33.3. The maximum atomic E-state index is 13.9. The number of esters is 2. The van der Waals surface area contributed by atoms with Crippen molar-refractivity contribution in [3.05, 3.63) is 127 Å². The summed E-state index contributed by atoms with van der Waals surface area (Å²) < 4.78 is 19.6. The molecule has 0 amide bonds. The standard InChI is InChI=1S/C43H45BrClN3O6/c1-5-47(34-9-7-6-8-10-34)24-32-21-31(22-37(44)40(32)46)43(51)53-25-28-11-13-29(14-12-28)41(54-27(3)49)39-26(2)48(38-20-19-35(52-4)23-36(38)39)42(50)30-15-17-33(45)18-16-30/h11-23,34,41H,5-10,24-25,46H2,1-4H3. The summed E-state index contributed by atoms with van der Waals surface area (Å²) in [5.41, 5.74) is 12.2. The van der Waals surface area contributed by atoms with E-state index in [4.69, 9.17) is 31.5 Å². The minimum absolute atomic E-state index is 0.0307. The van der Waals surface area contributed by atoms with Crippen LogP contribution in [0, 0.1) is 6.92 Å². The first-order valence-electron chi connectivity index (χ1n) is 18.2. The molecule has 4 aromatic carbocycles. The van der Waals surface area contributed by atoms with E-state index in [1.54, 1.807) is 48.1 Å². The summed E-state index contributed by atoms with van der Waals surface area (Å²) in [6.45, 7) is 6.95. The van der Waals surface area contributed by atoms with E-state index in [0.717, 1.165) is 17.7 Å². The molecule has 9 nitrogen and oxygen atoms in total. The topological polar surface area (TPSA) is 113 Å². The summed E-state index contributed by atoms with van der Waals surface area (Å²) in [4.78, 5) is 42.3. The van der Waals surface area contributed by atoms with Crippen molar-refractivity contribution in [2.24, 2.45) is 0 Å². The summed E-state index contributed by atoms with van der Waals surface area (Å²) in [5.74, 6) is -0.607. The van der Waals surface area contributed by atoms with Crippen molar-refractivity contribution in [2.45, 2.75) is 78.2 Å². The van der Waals surface area contributed by atoms with E-state index in [9.17, 15) is 14.4 Å². The van der Waals surface area contributed by atoms with E-state index in [-0.39, 0.29) is 12.5 Å². The van der Waals surface area contributed by atoms with Gasteiger partial charge < -0.3 is 19.9 Å². The second kappa shape index (κ2) is 17.2. The number of halogens is 2. The molecule has 1 heterocycles. The Morgan fingerprint density at radius 3 is 2.31 bits per heavy atom. The van der Waals surface area contributed by atoms with Crippen LogP contribution in [0.4, 0.5) is 5.69 Å². The highest BCUT2D eigenvalue weighted by Crippen LogP contribution is 2.39. The van der Waals surface area contributed by atoms with Crippen LogP contribution >= 0.6 is 27.5 Å². The van der Waals surface area contributed by atoms with Crippen molar-refractivity contribution in [3.8, 4) is 5.75 Å². The molecule has 1 aliphatic rings. The van der Waals surface area contributed by atoms with E-state index >= 15 is 0 Å². The van der Waals surface area contributed by atoms with Crippen molar-refractivity contribution in [3.63, 3.8) is 0 Å². The third kappa shape index (κ3) is 8.51. The molecule has 0 bridgehead atoms. The number of carbonyl (C=O) groups is 3. The van der Waals surface area contributed by atoms with Gasteiger partial charge in [0.25, 0.3) is 5.91 Å². The second-order valence-electron chi connectivity index (χ2n) is 13.7. The molecule has 1 unspecified atom stereocenters. The molecule has 0 saturated heterocycles. The SMILES string of the molecule is CCN(Cc1cc(C(=O)OCc2ccc(C(OC(C)=O)c3c(C)n(C(=O)c4ccc(Cl)cc4)c4ccc(OC)cc34)cc2)cc(Br)c1N)C1CCCCC1. The van der Waals surface area contributed by atoms with Crippen molar-refractivity contribution in [1.82, 2.24) is 9.47 Å². The van der Waals surface area contributed by atoms with E-state index in [1.165, 1.54) is 39.0 Å². The molecule has 1 atom stereocenters. The molecule has 2 N–H and O–H groups in total. The minimum Gasteiger partial charge on any atom is -0.497 e. The fraction of sp³-hybridized carbons (Fsp3) is 0.326. The van der Waals surface area contributed by atoms with Crippen LogP contribution in [0.1, 0.15) is 101 Å². The van der Waals surface area contributed by atoms with Gasteiger partial charge in [0, 0.05) is 51.2 Å². The van der Waals surface area contributed by atoms with Gasteiger partial charge in [0.2, 0.25) is 0 Å². The lowest BCUT2D eigenvalue weighted by atomic mass is 9.93. The number of rotatable bonds is 12. The van der Waals surface area contributed by atoms with Crippen LogP contribution in [-0.2, 0) is 27.4 Å². The first-order valence-corrected chi connectivity index (χ1v) is 19.4. The maximum absolute atomic E-state index is 13.9. The summed E-state index contributed by atoms with van der Waals surface area (Å²) in [6.07, 6.45) is 5.27. The number of benzene rings is 4. The van der Waals surface area contributed by atoms with Crippen LogP contribution < -0.4 is 10.5 Å². The Morgan fingerprint density at radius 2 is 1.67 bits per heavy atom. The number of hydrogen-bond acceptors (Lipinski definition) is 8. The van der Waals surface area contributed by atoms with E-state index in [2.05, 4.69) is 27.8 Å². The van der Waals surface area contributed by atoms with Crippen molar-refractivity contribution in [2.75, 3.05) is 19.4 Å². The lowest BCUT2D eigenvalue weighted by Gasteiger charge is -2.34. The predicted molar refractivity (Wildman–Crippen MR) is 215 cm³/mol. The first kappa shape index (κ1) is 39.1. The predicted octanol–water partition coefficient (Wildman–Crippen LogP) is 9.81. The highest BCUT2D eigenvalue weighted by Gasteiger charge is 2.29. The molecule has 282 valence electrons. The Hall–Kier alpha value is -4.64. The van der Waals surface area contributed by atoms with E-state index in [1.807, 2.05) is 49.4 Å². The number of ether oxygens (including phenoxy) is 3. The second-order valence-corrected chi connectivity index (χ2v) is 15.0. The van der Waals surface area contributed by atoms with Crippen LogP contribution in [0.5, 0.6) is 5.75 Å². The fourth-order valence-corrected chi connectivity index (χ4v) is 8.06. The average Bonchev–Trinajstić information content (AvgIpc) is 3.47. The third-order valence-corrected chi connectivity index (χ3v) is 11.2. The summed E-state index contributed by atoms with van der Waals surface area (Å²) in [6, 6.07) is 23.5. The van der Waals surface area contributed by atoms with Gasteiger partial charge in [-0.2, -0.15) is 0 Å². The Bertz CT molecular complexity index is 2160. The summed E-state index contributed by atoms with van der Waals surface area (Å²) in [7, 11) is 1.57. The highest BCUT2D eigenvalue weighted by molar-refractivity contribution is 9.10. The zero-order chi connectivity index (χ0) is 38.5. The number of fused-ring (bicyclic) bond motifs is 1. The molecular formula is C43H45BrClN3O6. The molecule has 1 aromatic heterocycles. The fourth-order valence-electron chi connectivity index (χ4n) is 7.43. The quantitative estimate of drug-likeness (QED) is 0.0979. The molecule has 1 saturated carbocycles. The molecule has 5 aromatic rings. The average molecular weight is 815 g/mol. The minimum atomic E-state index is -0.852. The number of hydrogen-bond donors (Lipinski definition) is 1. The molecule has 1 fully saturated rings. The monoisotopic (exact) mass is 813 g/mol. The van der Waals surface area contributed by atoms with Gasteiger partial charge in [-0.3, -0.25) is 19.1 Å².